The highest BCUT2D eigenvalue weighted by atomic mass is 16.5. The average molecular weight is 376 g/mol. The molecule has 2 atom stereocenters. The number of hydrogen-bond acceptors (Lipinski definition) is 5. The summed E-state index contributed by atoms with van der Waals surface area (Å²) in [7, 11) is 0. The lowest BCUT2D eigenvalue weighted by atomic mass is 10.1. The van der Waals surface area contributed by atoms with Gasteiger partial charge in [0.2, 0.25) is 5.91 Å². The number of nitrogens with zero attached hydrogens (tertiary/aromatic N) is 4. The van der Waals surface area contributed by atoms with Crippen LogP contribution in [0.1, 0.15) is 50.1 Å². The number of carbonyl (C=O) groups excluding carboxylic acids is 1. The van der Waals surface area contributed by atoms with Gasteiger partial charge in [-0.15, -0.1) is 0 Å². The van der Waals surface area contributed by atoms with Crippen molar-refractivity contribution in [2.45, 2.75) is 72.1 Å². The Morgan fingerprint density at radius 2 is 2.00 bits per heavy atom. The molecule has 7 nitrogen and oxygen atoms in total. The summed E-state index contributed by atoms with van der Waals surface area (Å²) in [6.07, 6.45) is 3.12. The van der Waals surface area contributed by atoms with Gasteiger partial charge in [0.25, 0.3) is 0 Å². The van der Waals surface area contributed by atoms with Gasteiger partial charge in [0, 0.05) is 38.3 Å². The number of morpholine rings is 1. The van der Waals surface area contributed by atoms with E-state index >= 15 is 0 Å². The van der Waals surface area contributed by atoms with E-state index in [4.69, 9.17) is 10.00 Å². The largest absolute Gasteiger partial charge is 0.373 e. The van der Waals surface area contributed by atoms with Crippen LogP contribution in [0.3, 0.4) is 0 Å². The van der Waals surface area contributed by atoms with Crippen LogP contribution in [0, 0.1) is 25.2 Å². The Labute approximate surface area is 162 Å². The second-order valence-corrected chi connectivity index (χ2v) is 7.50. The lowest BCUT2D eigenvalue weighted by Crippen LogP contribution is -2.46. The summed E-state index contributed by atoms with van der Waals surface area (Å²) in [4.78, 5) is 14.6. The normalized spacial score (nSPS) is 20.4. The van der Waals surface area contributed by atoms with Crippen molar-refractivity contribution in [3.63, 3.8) is 0 Å². The third-order valence-electron chi connectivity index (χ3n) is 5.04. The van der Waals surface area contributed by atoms with Gasteiger partial charge in [-0.05, 0) is 46.1 Å². The van der Waals surface area contributed by atoms with Crippen molar-refractivity contribution in [3.8, 4) is 6.07 Å². The Morgan fingerprint density at radius 1 is 1.30 bits per heavy atom. The van der Waals surface area contributed by atoms with E-state index in [-0.39, 0.29) is 18.1 Å². The molecule has 1 fully saturated rings. The quantitative estimate of drug-likeness (QED) is 0.667. The predicted molar refractivity (Wildman–Crippen MR) is 104 cm³/mol. The number of aryl methyl sites for hydroxylation is 2. The van der Waals surface area contributed by atoms with Gasteiger partial charge in [0.1, 0.15) is 0 Å². The zero-order chi connectivity index (χ0) is 19.8. The van der Waals surface area contributed by atoms with Gasteiger partial charge in [-0.1, -0.05) is 0 Å². The monoisotopic (exact) mass is 375 g/mol. The molecule has 1 aromatic heterocycles. The molecule has 2 rings (SSSR count). The molecule has 150 valence electrons. The molecule has 27 heavy (non-hydrogen) atoms. The van der Waals surface area contributed by atoms with Gasteiger partial charge in [0.05, 0.1) is 36.9 Å². The summed E-state index contributed by atoms with van der Waals surface area (Å²) in [6, 6.07) is 2.14. The molecule has 0 aromatic carbocycles. The molecule has 0 aliphatic carbocycles. The maximum atomic E-state index is 12.2. The van der Waals surface area contributed by atoms with Crippen molar-refractivity contribution in [3.05, 3.63) is 17.0 Å². The van der Waals surface area contributed by atoms with E-state index < -0.39 is 0 Å². The number of aromatic nitrogens is 2. The van der Waals surface area contributed by atoms with Crippen LogP contribution in [0.5, 0.6) is 0 Å². The molecule has 0 saturated carbocycles. The SMILES string of the molecule is Cc1nn(CCC#N)c(C)c1CCC(=O)NCCCN1CC(C)OC(C)C1. The molecule has 1 aliphatic heterocycles. The molecule has 0 radical (unpaired) electrons. The molecule has 1 saturated heterocycles. The highest BCUT2D eigenvalue weighted by Gasteiger charge is 2.21. The number of ether oxygens (including phenoxy) is 1. The Bertz CT molecular complexity index is 654. The van der Waals surface area contributed by atoms with Crippen LogP contribution >= 0.6 is 0 Å². The average Bonchev–Trinajstić information content (AvgIpc) is 2.87. The van der Waals surface area contributed by atoms with Crippen molar-refractivity contribution in [2.24, 2.45) is 0 Å². The molecule has 2 heterocycles. The van der Waals surface area contributed by atoms with Gasteiger partial charge in [-0.25, -0.2) is 0 Å². The summed E-state index contributed by atoms with van der Waals surface area (Å²) < 4.78 is 7.61. The zero-order valence-corrected chi connectivity index (χ0v) is 17.1. The van der Waals surface area contributed by atoms with Crippen LogP contribution in [0.2, 0.25) is 0 Å². The number of carbonyl (C=O) groups is 1. The van der Waals surface area contributed by atoms with E-state index in [2.05, 4.69) is 35.2 Å². The van der Waals surface area contributed by atoms with Gasteiger partial charge in [-0.3, -0.25) is 14.4 Å². The predicted octanol–water partition coefficient (Wildman–Crippen LogP) is 1.96. The van der Waals surface area contributed by atoms with E-state index in [1.165, 1.54) is 0 Å². The van der Waals surface area contributed by atoms with Crippen LogP contribution in [-0.4, -0.2) is 59.0 Å². The van der Waals surface area contributed by atoms with Crippen LogP contribution in [0.4, 0.5) is 0 Å². The first-order valence-electron chi connectivity index (χ1n) is 9.95. The van der Waals surface area contributed by atoms with Crippen LogP contribution in [0.25, 0.3) is 0 Å². The van der Waals surface area contributed by atoms with E-state index in [0.29, 0.717) is 32.4 Å². The molecular formula is C20H33N5O2. The molecule has 1 aromatic rings. The molecule has 7 heteroatoms. The molecule has 0 bridgehead atoms. The number of amides is 1. The summed E-state index contributed by atoms with van der Waals surface area (Å²) in [5.41, 5.74) is 3.14. The second-order valence-electron chi connectivity index (χ2n) is 7.50. The zero-order valence-electron chi connectivity index (χ0n) is 17.1. The smallest absolute Gasteiger partial charge is 0.220 e. The van der Waals surface area contributed by atoms with Crippen molar-refractivity contribution in [1.82, 2.24) is 20.0 Å². The van der Waals surface area contributed by atoms with Crippen LogP contribution < -0.4 is 5.32 Å². The summed E-state index contributed by atoms with van der Waals surface area (Å²) >= 11 is 0. The lowest BCUT2D eigenvalue weighted by molar-refractivity contribution is -0.121. The fourth-order valence-corrected chi connectivity index (χ4v) is 3.79. The fraction of sp³-hybridized carbons (Fsp3) is 0.750. The van der Waals surface area contributed by atoms with Crippen molar-refractivity contribution in [2.75, 3.05) is 26.2 Å². The Kier molecular flexibility index (Phi) is 8.26. The molecule has 1 N–H and O–H groups in total. The first-order chi connectivity index (χ1) is 12.9. The first-order valence-corrected chi connectivity index (χ1v) is 9.95. The third-order valence-corrected chi connectivity index (χ3v) is 5.04. The van der Waals surface area contributed by atoms with Gasteiger partial charge in [-0.2, -0.15) is 10.4 Å². The molecule has 1 aliphatic rings. The maximum Gasteiger partial charge on any atom is 0.220 e. The minimum absolute atomic E-state index is 0.0855. The maximum absolute atomic E-state index is 12.2. The topological polar surface area (TPSA) is 83.2 Å². The Balaban J connectivity index is 1.68. The number of nitrogens with one attached hydrogen (secondary N) is 1. The van der Waals surface area contributed by atoms with Crippen molar-refractivity contribution < 1.29 is 9.53 Å². The molecule has 2 unspecified atom stereocenters. The minimum atomic E-state index is 0.0855. The number of rotatable bonds is 9. The van der Waals surface area contributed by atoms with Gasteiger partial charge in [0.15, 0.2) is 0 Å². The van der Waals surface area contributed by atoms with E-state index in [1.54, 1.807) is 0 Å². The van der Waals surface area contributed by atoms with Crippen molar-refractivity contribution >= 4 is 5.91 Å². The van der Waals surface area contributed by atoms with Gasteiger partial charge < -0.3 is 10.1 Å². The minimum Gasteiger partial charge on any atom is -0.373 e. The van der Waals surface area contributed by atoms with Crippen LogP contribution in [0.15, 0.2) is 0 Å². The number of hydrogen-bond donors (Lipinski definition) is 1. The summed E-state index contributed by atoms with van der Waals surface area (Å²) in [6.45, 7) is 12.4. The van der Waals surface area contributed by atoms with E-state index in [1.807, 2.05) is 18.5 Å². The number of nitriles is 1. The first kappa shape index (κ1) is 21.4. The Morgan fingerprint density at radius 3 is 2.67 bits per heavy atom. The highest BCUT2D eigenvalue weighted by Crippen LogP contribution is 2.15. The van der Waals surface area contributed by atoms with E-state index in [9.17, 15) is 4.79 Å². The van der Waals surface area contributed by atoms with Crippen LogP contribution in [-0.2, 0) is 22.5 Å². The second kappa shape index (κ2) is 10.4. The van der Waals surface area contributed by atoms with E-state index in [0.717, 1.165) is 43.0 Å². The third kappa shape index (κ3) is 6.64. The molecule has 1 amide bonds. The fourth-order valence-electron chi connectivity index (χ4n) is 3.79. The molecular weight excluding hydrogens is 342 g/mol. The lowest BCUT2D eigenvalue weighted by Gasteiger charge is -2.35. The van der Waals surface area contributed by atoms with Gasteiger partial charge >= 0.3 is 0 Å². The summed E-state index contributed by atoms with van der Waals surface area (Å²) in [5, 5.41) is 16.2. The molecule has 0 spiro atoms. The summed E-state index contributed by atoms with van der Waals surface area (Å²) in [5.74, 6) is 0.0855. The standard InChI is InChI=1S/C20H33N5O2/c1-15-13-24(14-16(2)27-15)11-6-10-22-20(26)8-7-19-17(3)23-25(18(19)4)12-5-9-21/h15-16H,5-8,10-14H2,1-4H3,(H,22,26). The highest BCUT2D eigenvalue weighted by molar-refractivity contribution is 5.76. The Hall–Kier alpha value is -1.91. The van der Waals surface area contributed by atoms with Crippen molar-refractivity contribution in [1.29, 1.82) is 5.26 Å².